The molecule has 8 nitrogen and oxygen atoms in total. The fourth-order valence-corrected chi connectivity index (χ4v) is 6.02. The molecule has 4 rings (SSSR count). The van der Waals surface area contributed by atoms with Crippen LogP contribution in [0.1, 0.15) is 5.56 Å². The molecule has 0 atom stereocenters. The molecule has 0 saturated carbocycles. The average Bonchev–Trinajstić information content (AvgIpc) is 2.90. The Morgan fingerprint density at radius 2 is 1.18 bits per heavy atom. The van der Waals surface area contributed by atoms with Crippen LogP contribution in [0.2, 0.25) is 0 Å². The second-order valence-corrected chi connectivity index (χ2v) is 12.0. The van der Waals surface area contributed by atoms with Gasteiger partial charge in [0.2, 0.25) is 5.91 Å². The number of nitrogens with zero attached hydrogens (tertiary/aromatic N) is 1. The first-order chi connectivity index (χ1) is 18.4. The molecule has 0 aromatic heterocycles. The van der Waals surface area contributed by atoms with E-state index in [0.717, 1.165) is 46.3 Å². The summed E-state index contributed by atoms with van der Waals surface area (Å²) in [5.41, 5.74) is 1.51. The van der Waals surface area contributed by atoms with Crippen molar-refractivity contribution in [3.05, 3.63) is 114 Å². The van der Waals surface area contributed by atoms with Gasteiger partial charge in [-0.25, -0.2) is 25.6 Å². The zero-order valence-corrected chi connectivity index (χ0v) is 22.1. The molecule has 4 aromatic rings. The molecule has 12 heteroatoms. The van der Waals surface area contributed by atoms with Crippen molar-refractivity contribution in [3.8, 4) is 0 Å². The maximum atomic E-state index is 13.4. The van der Waals surface area contributed by atoms with Crippen molar-refractivity contribution in [2.45, 2.75) is 16.7 Å². The summed E-state index contributed by atoms with van der Waals surface area (Å²) in [7, 11) is -8.22. The topological polar surface area (TPSA) is 113 Å². The van der Waals surface area contributed by atoms with Gasteiger partial charge in [0, 0.05) is 11.4 Å². The second-order valence-electron chi connectivity index (χ2n) is 8.49. The van der Waals surface area contributed by atoms with Crippen LogP contribution in [0.15, 0.2) is 107 Å². The largest absolute Gasteiger partial charge is 0.325 e. The van der Waals surface area contributed by atoms with Gasteiger partial charge in [0.15, 0.2) is 0 Å². The minimum absolute atomic E-state index is 0.106. The molecular weight excluding hydrogens is 548 g/mol. The molecule has 0 radical (unpaired) electrons. The van der Waals surface area contributed by atoms with E-state index in [0.29, 0.717) is 0 Å². The first kappa shape index (κ1) is 27.7. The highest BCUT2D eigenvalue weighted by Crippen LogP contribution is 2.25. The highest BCUT2D eigenvalue weighted by Gasteiger charge is 2.27. The lowest BCUT2D eigenvalue weighted by atomic mass is 10.2. The van der Waals surface area contributed by atoms with Gasteiger partial charge >= 0.3 is 0 Å². The average molecular weight is 572 g/mol. The van der Waals surface area contributed by atoms with Gasteiger partial charge in [0.25, 0.3) is 20.0 Å². The monoisotopic (exact) mass is 571 g/mol. The van der Waals surface area contributed by atoms with E-state index in [-0.39, 0.29) is 26.9 Å². The van der Waals surface area contributed by atoms with E-state index in [9.17, 15) is 30.4 Å². The molecule has 202 valence electrons. The minimum atomic E-state index is -4.23. The van der Waals surface area contributed by atoms with Crippen molar-refractivity contribution in [2.75, 3.05) is 20.9 Å². The number of aryl methyl sites for hydroxylation is 1. The summed E-state index contributed by atoms with van der Waals surface area (Å²) in [5.74, 6) is -1.81. The molecule has 1 amide bonds. The summed E-state index contributed by atoms with van der Waals surface area (Å²) < 4.78 is 81.7. The number of rotatable bonds is 9. The lowest BCUT2D eigenvalue weighted by Gasteiger charge is -2.24. The molecule has 39 heavy (non-hydrogen) atoms. The smallest absolute Gasteiger partial charge is 0.264 e. The summed E-state index contributed by atoms with van der Waals surface area (Å²) in [6, 6.07) is 20.8. The fraction of sp³-hybridized carbons (Fsp3) is 0.0741. The first-order valence-corrected chi connectivity index (χ1v) is 14.4. The van der Waals surface area contributed by atoms with E-state index in [1.165, 1.54) is 36.4 Å². The normalized spacial score (nSPS) is 11.6. The predicted molar refractivity (Wildman–Crippen MR) is 144 cm³/mol. The summed E-state index contributed by atoms with van der Waals surface area (Å²) in [4.78, 5) is 12.6. The van der Waals surface area contributed by atoms with E-state index >= 15 is 0 Å². The molecular formula is C27H23F2N3O5S2. The third kappa shape index (κ3) is 6.78. The molecule has 0 heterocycles. The van der Waals surface area contributed by atoms with Gasteiger partial charge in [-0.3, -0.25) is 13.8 Å². The number of sulfonamides is 2. The van der Waals surface area contributed by atoms with Crippen LogP contribution in [0.5, 0.6) is 0 Å². The molecule has 4 aromatic carbocycles. The quantitative estimate of drug-likeness (QED) is 0.297. The summed E-state index contributed by atoms with van der Waals surface area (Å²) in [5, 5.41) is 2.56. The van der Waals surface area contributed by atoms with Gasteiger partial charge in [0.1, 0.15) is 18.2 Å². The van der Waals surface area contributed by atoms with Crippen LogP contribution >= 0.6 is 0 Å². The molecule has 0 unspecified atom stereocenters. The lowest BCUT2D eigenvalue weighted by molar-refractivity contribution is -0.114. The zero-order valence-electron chi connectivity index (χ0n) is 20.5. The first-order valence-electron chi connectivity index (χ1n) is 11.5. The van der Waals surface area contributed by atoms with Crippen LogP contribution in [0.4, 0.5) is 25.8 Å². The van der Waals surface area contributed by atoms with E-state index in [4.69, 9.17) is 0 Å². The minimum Gasteiger partial charge on any atom is -0.325 e. The number of anilines is 3. The molecule has 0 aliphatic rings. The van der Waals surface area contributed by atoms with Gasteiger partial charge < -0.3 is 5.32 Å². The number of carbonyl (C=O) groups excluding carboxylic acids is 1. The van der Waals surface area contributed by atoms with Gasteiger partial charge in [-0.05, 0) is 91.9 Å². The number of benzene rings is 4. The molecule has 0 aliphatic carbocycles. The standard InChI is InChI=1S/C27H23F2N3O5S2/c1-19-2-12-24(13-3-19)32(39(36,37)26-14-6-21(29)7-15-26)18-27(33)30-22-10-16-25(17-11-22)38(34,35)31-23-8-4-20(28)5-9-23/h2-17,31H,18H2,1H3,(H,30,33). The Bertz CT molecular complexity index is 1680. The highest BCUT2D eigenvalue weighted by molar-refractivity contribution is 7.93. The third-order valence-electron chi connectivity index (χ3n) is 5.56. The Labute approximate surface area is 225 Å². The number of nitrogens with one attached hydrogen (secondary N) is 2. The lowest BCUT2D eigenvalue weighted by Crippen LogP contribution is -2.38. The predicted octanol–water partition coefficient (Wildman–Crippen LogP) is 4.91. The molecule has 0 fully saturated rings. The van der Waals surface area contributed by atoms with Gasteiger partial charge in [0.05, 0.1) is 15.5 Å². The number of hydrogen-bond donors (Lipinski definition) is 2. The van der Waals surface area contributed by atoms with Crippen LogP contribution in [0, 0.1) is 18.6 Å². The Hall–Kier alpha value is -4.29. The van der Waals surface area contributed by atoms with Crippen LogP contribution < -0.4 is 14.3 Å². The molecule has 0 bridgehead atoms. The van der Waals surface area contributed by atoms with Gasteiger partial charge in [-0.2, -0.15) is 0 Å². The van der Waals surface area contributed by atoms with Crippen LogP contribution in [-0.2, 0) is 24.8 Å². The summed E-state index contributed by atoms with van der Waals surface area (Å²) in [6.07, 6.45) is 0. The number of hydrogen-bond acceptors (Lipinski definition) is 5. The SMILES string of the molecule is Cc1ccc(N(CC(=O)Nc2ccc(S(=O)(=O)Nc3ccc(F)cc3)cc2)S(=O)(=O)c2ccc(F)cc2)cc1. The number of amides is 1. The maximum absolute atomic E-state index is 13.4. The number of halogens is 2. The van der Waals surface area contributed by atoms with Crippen molar-refractivity contribution < 1.29 is 30.4 Å². The van der Waals surface area contributed by atoms with Gasteiger partial charge in [-0.15, -0.1) is 0 Å². The van der Waals surface area contributed by atoms with Crippen LogP contribution in [0.3, 0.4) is 0 Å². The van der Waals surface area contributed by atoms with Crippen LogP contribution in [0.25, 0.3) is 0 Å². The maximum Gasteiger partial charge on any atom is 0.264 e. The summed E-state index contributed by atoms with van der Waals surface area (Å²) >= 11 is 0. The Morgan fingerprint density at radius 3 is 1.74 bits per heavy atom. The van der Waals surface area contributed by atoms with E-state index in [2.05, 4.69) is 10.0 Å². The highest BCUT2D eigenvalue weighted by atomic mass is 32.2. The van der Waals surface area contributed by atoms with Crippen molar-refractivity contribution in [2.24, 2.45) is 0 Å². The van der Waals surface area contributed by atoms with E-state index in [1.54, 1.807) is 24.3 Å². The molecule has 0 aliphatic heterocycles. The molecule has 0 saturated heterocycles. The Balaban J connectivity index is 1.52. The van der Waals surface area contributed by atoms with Crippen molar-refractivity contribution in [1.29, 1.82) is 0 Å². The van der Waals surface area contributed by atoms with E-state index in [1.807, 2.05) is 6.92 Å². The Morgan fingerprint density at radius 1 is 0.692 bits per heavy atom. The summed E-state index contributed by atoms with van der Waals surface area (Å²) in [6.45, 7) is 1.23. The van der Waals surface area contributed by atoms with Crippen molar-refractivity contribution in [1.82, 2.24) is 0 Å². The second kappa shape index (κ2) is 11.2. The fourth-order valence-electron chi connectivity index (χ4n) is 3.54. The van der Waals surface area contributed by atoms with Crippen molar-refractivity contribution >= 4 is 43.0 Å². The zero-order chi connectivity index (χ0) is 28.2. The Kier molecular flexibility index (Phi) is 7.98. The van der Waals surface area contributed by atoms with E-state index < -0.39 is 44.1 Å². The van der Waals surface area contributed by atoms with Crippen LogP contribution in [-0.4, -0.2) is 29.3 Å². The van der Waals surface area contributed by atoms with Gasteiger partial charge in [-0.1, -0.05) is 17.7 Å². The third-order valence-corrected chi connectivity index (χ3v) is 8.74. The number of carbonyl (C=O) groups is 1. The molecule has 0 spiro atoms. The van der Waals surface area contributed by atoms with Crippen molar-refractivity contribution in [3.63, 3.8) is 0 Å². The molecule has 2 N–H and O–H groups in total.